The topological polar surface area (TPSA) is 121 Å². The Balaban J connectivity index is 1.98. The Labute approximate surface area is 116 Å². The van der Waals surface area contributed by atoms with E-state index in [0.717, 1.165) is 0 Å². The van der Waals surface area contributed by atoms with E-state index in [1.165, 1.54) is 23.5 Å². The van der Waals surface area contributed by atoms with Gasteiger partial charge in [-0.05, 0) is 0 Å². The lowest BCUT2D eigenvalue weighted by Crippen LogP contribution is -1.89. The zero-order valence-electron chi connectivity index (χ0n) is 9.89. The van der Waals surface area contributed by atoms with Gasteiger partial charge in [-0.1, -0.05) is 17.3 Å². The average molecular weight is 289 g/mol. The zero-order valence-corrected chi connectivity index (χ0v) is 10.7. The van der Waals surface area contributed by atoms with E-state index in [9.17, 15) is 10.1 Å². The second-order valence-electron chi connectivity index (χ2n) is 3.80. The molecule has 0 spiro atoms. The number of nitrogen functional groups attached to an aromatic ring is 1. The van der Waals surface area contributed by atoms with Crippen LogP contribution < -0.4 is 5.73 Å². The Kier molecular flexibility index (Phi) is 2.88. The molecule has 20 heavy (non-hydrogen) atoms. The molecule has 0 saturated carbocycles. The van der Waals surface area contributed by atoms with Gasteiger partial charge in [0.2, 0.25) is 5.82 Å². The summed E-state index contributed by atoms with van der Waals surface area (Å²) in [6.07, 6.45) is 0. The smallest absolute Gasteiger partial charge is 0.277 e. The lowest BCUT2D eigenvalue weighted by molar-refractivity contribution is -0.384. The van der Waals surface area contributed by atoms with Gasteiger partial charge in [-0.25, -0.2) is 4.98 Å². The average Bonchev–Trinajstić information content (AvgIpc) is 3.07. The van der Waals surface area contributed by atoms with Gasteiger partial charge in [-0.2, -0.15) is 4.98 Å². The minimum atomic E-state index is -0.481. The van der Waals surface area contributed by atoms with Crippen molar-refractivity contribution >= 4 is 22.2 Å². The van der Waals surface area contributed by atoms with Crippen molar-refractivity contribution in [2.24, 2.45) is 0 Å². The molecular formula is C11H7N5O3S. The molecule has 0 aliphatic rings. The summed E-state index contributed by atoms with van der Waals surface area (Å²) in [6.45, 7) is 0. The maximum absolute atomic E-state index is 10.7. The highest BCUT2D eigenvalue weighted by molar-refractivity contribution is 7.13. The van der Waals surface area contributed by atoms with E-state index in [-0.39, 0.29) is 17.4 Å². The highest BCUT2D eigenvalue weighted by Crippen LogP contribution is 2.26. The van der Waals surface area contributed by atoms with Crippen LogP contribution in [0.1, 0.15) is 0 Å². The third kappa shape index (κ3) is 2.21. The van der Waals surface area contributed by atoms with Crippen molar-refractivity contribution in [2.45, 2.75) is 0 Å². The fourth-order valence-corrected chi connectivity index (χ4v) is 2.13. The number of thiazole rings is 1. The highest BCUT2D eigenvalue weighted by atomic mass is 32.1. The van der Waals surface area contributed by atoms with Gasteiger partial charge in [-0.3, -0.25) is 10.1 Å². The highest BCUT2D eigenvalue weighted by Gasteiger charge is 2.15. The molecule has 8 nitrogen and oxygen atoms in total. The number of hydrogen-bond acceptors (Lipinski definition) is 8. The summed E-state index contributed by atoms with van der Waals surface area (Å²) in [7, 11) is 0. The van der Waals surface area contributed by atoms with Crippen LogP contribution in [0.2, 0.25) is 0 Å². The van der Waals surface area contributed by atoms with E-state index < -0.39 is 4.92 Å². The molecule has 0 aliphatic heterocycles. The van der Waals surface area contributed by atoms with Gasteiger partial charge in [0.15, 0.2) is 5.13 Å². The van der Waals surface area contributed by atoms with E-state index >= 15 is 0 Å². The number of hydrogen-bond donors (Lipinski definition) is 1. The number of rotatable bonds is 3. The standard InChI is InChI=1S/C11H7N5O3S/c12-11-13-8(5-20-11)10-14-9(15-19-10)6-2-1-3-7(4-6)16(17)18/h1-5H,(H2,12,13). The van der Waals surface area contributed by atoms with Crippen LogP contribution in [0.5, 0.6) is 0 Å². The van der Waals surface area contributed by atoms with Crippen LogP contribution in [-0.4, -0.2) is 20.0 Å². The Morgan fingerprint density at radius 2 is 2.20 bits per heavy atom. The summed E-state index contributed by atoms with van der Waals surface area (Å²) in [5, 5.41) is 16.6. The molecule has 9 heteroatoms. The molecule has 100 valence electrons. The van der Waals surface area contributed by atoms with Gasteiger partial charge in [0.25, 0.3) is 11.6 Å². The summed E-state index contributed by atoms with van der Waals surface area (Å²) >= 11 is 1.26. The molecule has 0 atom stereocenters. The molecule has 2 aromatic heterocycles. The number of nitro groups is 1. The van der Waals surface area contributed by atoms with Gasteiger partial charge < -0.3 is 10.3 Å². The molecule has 0 radical (unpaired) electrons. The summed E-state index contributed by atoms with van der Waals surface area (Å²) in [5.74, 6) is 0.481. The molecule has 0 aliphatic carbocycles. The molecular weight excluding hydrogens is 282 g/mol. The van der Waals surface area contributed by atoms with Crippen LogP contribution in [0.15, 0.2) is 34.2 Å². The largest absolute Gasteiger partial charge is 0.375 e. The van der Waals surface area contributed by atoms with Gasteiger partial charge in [0, 0.05) is 23.1 Å². The first kappa shape index (κ1) is 12.2. The Morgan fingerprint density at radius 3 is 2.90 bits per heavy atom. The third-order valence-corrected chi connectivity index (χ3v) is 3.16. The van der Waals surface area contributed by atoms with Crippen LogP contribution in [-0.2, 0) is 0 Å². The fourth-order valence-electron chi connectivity index (χ4n) is 1.59. The number of non-ortho nitro benzene ring substituents is 1. The maximum Gasteiger partial charge on any atom is 0.277 e. The lowest BCUT2D eigenvalue weighted by atomic mass is 10.2. The molecule has 0 fully saturated rings. The fraction of sp³-hybridized carbons (Fsp3) is 0. The summed E-state index contributed by atoms with van der Waals surface area (Å²) in [5.41, 5.74) is 6.47. The predicted molar refractivity (Wildman–Crippen MR) is 71.9 cm³/mol. The lowest BCUT2D eigenvalue weighted by Gasteiger charge is -1.94. The van der Waals surface area contributed by atoms with Crippen molar-refractivity contribution in [1.29, 1.82) is 0 Å². The van der Waals surface area contributed by atoms with Gasteiger partial charge in [0.05, 0.1) is 4.92 Å². The molecule has 3 aromatic rings. The van der Waals surface area contributed by atoms with E-state index in [1.54, 1.807) is 17.5 Å². The van der Waals surface area contributed by atoms with Crippen molar-refractivity contribution in [3.8, 4) is 23.0 Å². The van der Waals surface area contributed by atoms with Crippen LogP contribution in [0, 0.1) is 10.1 Å². The van der Waals surface area contributed by atoms with Crippen LogP contribution >= 0.6 is 11.3 Å². The minimum absolute atomic E-state index is 0.0354. The van der Waals surface area contributed by atoms with Gasteiger partial charge in [-0.15, -0.1) is 11.3 Å². The number of anilines is 1. The molecule has 1 aromatic carbocycles. The number of nitrogens with zero attached hydrogens (tertiary/aromatic N) is 4. The normalized spacial score (nSPS) is 10.6. The predicted octanol–water partition coefficient (Wildman–Crippen LogP) is 2.35. The summed E-state index contributed by atoms with van der Waals surface area (Å²) < 4.78 is 5.08. The van der Waals surface area contributed by atoms with E-state index in [2.05, 4.69) is 15.1 Å². The number of nitro benzene ring substituents is 1. The quantitative estimate of drug-likeness (QED) is 0.580. The van der Waals surface area contributed by atoms with E-state index in [1.807, 2.05) is 0 Å². The Hall–Kier alpha value is -2.81. The van der Waals surface area contributed by atoms with E-state index in [4.69, 9.17) is 10.3 Å². The van der Waals surface area contributed by atoms with Gasteiger partial charge in [0.1, 0.15) is 5.69 Å². The Bertz CT molecular complexity index is 782. The van der Waals surface area contributed by atoms with Crippen molar-refractivity contribution in [3.05, 3.63) is 39.8 Å². The number of nitrogens with two attached hydrogens (primary N) is 1. The minimum Gasteiger partial charge on any atom is -0.375 e. The zero-order chi connectivity index (χ0) is 14.1. The van der Waals surface area contributed by atoms with Gasteiger partial charge >= 0.3 is 0 Å². The maximum atomic E-state index is 10.7. The second kappa shape index (κ2) is 4.70. The van der Waals surface area contributed by atoms with Crippen molar-refractivity contribution in [1.82, 2.24) is 15.1 Å². The van der Waals surface area contributed by atoms with Crippen LogP contribution in [0.25, 0.3) is 23.0 Å². The number of benzene rings is 1. The van der Waals surface area contributed by atoms with Crippen LogP contribution in [0.4, 0.5) is 10.8 Å². The van der Waals surface area contributed by atoms with E-state index in [0.29, 0.717) is 16.4 Å². The molecule has 2 heterocycles. The Morgan fingerprint density at radius 1 is 1.35 bits per heavy atom. The molecule has 0 saturated heterocycles. The monoisotopic (exact) mass is 289 g/mol. The first-order valence-electron chi connectivity index (χ1n) is 5.43. The van der Waals surface area contributed by atoms with Crippen molar-refractivity contribution in [2.75, 3.05) is 5.73 Å². The molecule has 3 rings (SSSR count). The van der Waals surface area contributed by atoms with Crippen LogP contribution in [0.3, 0.4) is 0 Å². The molecule has 0 bridgehead atoms. The summed E-state index contributed by atoms with van der Waals surface area (Å²) in [4.78, 5) is 18.4. The first-order chi connectivity index (χ1) is 9.63. The summed E-state index contributed by atoms with van der Waals surface area (Å²) in [6, 6.07) is 6.00. The molecule has 0 unspecified atom stereocenters. The first-order valence-corrected chi connectivity index (χ1v) is 6.31. The third-order valence-electron chi connectivity index (χ3n) is 2.48. The van der Waals surface area contributed by atoms with Crippen molar-refractivity contribution in [3.63, 3.8) is 0 Å². The second-order valence-corrected chi connectivity index (χ2v) is 4.69. The number of aromatic nitrogens is 3. The SMILES string of the molecule is Nc1nc(-c2nc(-c3cccc([N+](=O)[O-])c3)no2)cs1. The molecule has 2 N–H and O–H groups in total. The molecule has 0 amide bonds. The van der Waals surface area contributed by atoms with Crippen molar-refractivity contribution < 1.29 is 9.45 Å².